The average Bonchev–Trinajstić information content (AvgIpc) is 3.47. The summed E-state index contributed by atoms with van der Waals surface area (Å²) in [4.78, 5) is 25.3. The van der Waals surface area contributed by atoms with Gasteiger partial charge in [-0.15, -0.1) is 0 Å². The van der Waals surface area contributed by atoms with E-state index in [-0.39, 0.29) is 37.2 Å². The van der Waals surface area contributed by atoms with Gasteiger partial charge in [0.25, 0.3) is 0 Å². The van der Waals surface area contributed by atoms with Gasteiger partial charge in [0.1, 0.15) is 0 Å². The van der Waals surface area contributed by atoms with Crippen LogP contribution in [0.5, 0.6) is 0 Å². The molecule has 2 aliphatic heterocycles. The highest BCUT2D eigenvalue weighted by molar-refractivity contribution is 5.76. The van der Waals surface area contributed by atoms with Crippen LogP contribution in [-0.4, -0.2) is 63.9 Å². The van der Waals surface area contributed by atoms with Crippen LogP contribution in [0.4, 0.5) is 0 Å². The van der Waals surface area contributed by atoms with Crippen molar-refractivity contribution in [2.45, 2.75) is 82.7 Å². The van der Waals surface area contributed by atoms with Crippen molar-refractivity contribution in [3.63, 3.8) is 0 Å². The van der Waals surface area contributed by atoms with Crippen molar-refractivity contribution in [1.29, 1.82) is 0 Å². The van der Waals surface area contributed by atoms with E-state index in [0.29, 0.717) is 38.8 Å². The molecule has 240 valence electrons. The molecule has 5 rings (SSSR count). The lowest BCUT2D eigenvalue weighted by molar-refractivity contribution is -0.252. The molecule has 9 heteroatoms. The number of nitrogens with one attached hydrogen (secondary N) is 1. The molecule has 45 heavy (non-hydrogen) atoms. The predicted molar refractivity (Wildman–Crippen MR) is 170 cm³/mol. The summed E-state index contributed by atoms with van der Waals surface area (Å²) in [7, 11) is 0. The highest BCUT2D eigenvalue weighted by Gasteiger charge is 2.34. The number of amides is 1. The lowest BCUT2D eigenvalue weighted by atomic mass is 9.97. The highest BCUT2D eigenvalue weighted by Crippen LogP contribution is 2.39. The number of ether oxygens (including phenoxy) is 2. The normalized spacial score (nSPS) is 21.9. The Morgan fingerprint density at radius 2 is 1.62 bits per heavy atom. The molecular weight excluding hydrogens is 572 g/mol. The Morgan fingerprint density at radius 1 is 0.889 bits per heavy atom. The molecule has 3 aromatic rings. The second-order valence-corrected chi connectivity index (χ2v) is 12.1. The molecule has 2 saturated heterocycles. The van der Waals surface area contributed by atoms with Crippen LogP contribution >= 0.6 is 0 Å². The molecule has 0 bridgehead atoms. The molecule has 4 atom stereocenters. The van der Waals surface area contributed by atoms with Crippen molar-refractivity contribution >= 4 is 11.9 Å². The molecule has 0 radical (unpaired) electrons. The second-order valence-electron chi connectivity index (χ2n) is 12.1. The molecule has 0 spiro atoms. The van der Waals surface area contributed by atoms with Crippen molar-refractivity contribution in [2.75, 3.05) is 19.6 Å². The smallest absolute Gasteiger partial charge is 0.303 e. The summed E-state index contributed by atoms with van der Waals surface area (Å²) in [5.74, 6) is -0.846. The van der Waals surface area contributed by atoms with Crippen LogP contribution < -0.4 is 5.32 Å². The zero-order valence-corrected chi connectivity index (χ0v) is 25.6. The maximum Gasteiger partial charge on any atom is 0.303 e. The Hall–Kier alpha value is -3.60. The van der Waals surface area contributed by atoms with E-state index >= 15 is 0 Å². The van der Waals surface area contributed by atoms with Gasteiger partial charge in [0.2, 0.25) is 5.91 Å². The van der Waals surface area contributed by atoms with E-state index in [2.05, 4.69) is 22.3 Å². The molecule has 4 N–H and O–H groups in total. The van der Waals surface area contributed by atoms with Gasteiger partial charge in [-0.3, -0.25) is 14.5 Å². The van der Waals surface area contributed by atoms with Crippen molar-refractivity contribution in [1.82, 2.24) is 10.2 Å². The molecule has 0 saturated carbocycles. The molecule has 0 aromatic heterocycles. The van der Waals surface area contributed by atoms with Crippen LogP contribution in [0.3, 0.4) is 0 Å². The van der Waals surface area contributed by atoms with Gasteiger partial charge in [-0.25, -0.2) is 0 Å². The van der Waals surface area contributed by atoms with E-state index in [1.807, 2.05) is 60.7 Å². The van der Waals surface area contributed by atoms with Gasteiger partial charge in [0.15, 0.2) is 6.29 Å². The van der Waals surface area contributed by atoms with Gasteiger partial charge in [-0.2, -0.15) is 0 Å². The minimum Gasteiger partial charge on any atom is -0.481 e. The Morgan fingerprint density at radius 3 is 2.33 bits per heavy atom. The number of carbonyl (C=O) groups is 2. The van der Waals surface area contributed by atoms with Crippen LogP contribution in [0.25, 0.3) is 11.1 Å². The number of aliphatic carboxylic acids is 1. The third kappa shape index (κ3) is 9.45. The van der Waals surface area contributed by atoms with Gasteiger partial charge in [0.05, 0.1) is 24.9 Å². The molecule has 2 aliphatic rings. The molecule has 2 fully saturated rings. The molecule has 0 aliphatic carbocycles. The molecule has 2 heterocycles. The fourth-order valence-corrected chi connectivity index (χ4v) is 6.10. The lowest BCUT2D eigenvalue weighted by Crippen LogP contribution is -2.38. The number of carboxylic acid groups (broad SMARTS) is 1. The number of aliphatic hydroxyl groups excluding tert-OH is 2. The molecule has 9 nitrogen and oxygen atoms in total. The van der Waals surface area contributed by atoms with E-state index in [9.17, 15) is 19.8 Å². The molecule has 1 amide bonds. The van der Waals surface area contributed by atoms with E-state index in [1.54, 1.807) is 0 Å². The van der Waals surface area contributed by atoms with E-state index in [0.717, 1.165) is 59.3 Å². The number of hydrogen-bond donors (Lipinski definition) is 4. The summed E-state index contributed by atoms with van der Waals surface area (Å²) in [6.07, 6.45) is 2.87. The maximum absolute atomic E-state index is 12.4. The summed E-state index contributed by atoms with van der Waals surface area (Å²) in [5, 5.41) is 31.3. The Labute approximate surface area is 264 Å². The van der Waals surface area contributed by atoms with Crippen LogP contribution in [0.15, 0.2) is 72.8 Å². The summed E-state index contributed by atoms with van der Waals surface area (Å²) >= 11 is 0. The van der Waals surface area contributed by atoms with Crippen molar-refractivity contribution in [3.8, 4) is 11.1 Å². The van der Waals surface area contributed by atoms with Crippen molar-refractivity contribution in [3.05, 3.63) is 95.1 Å². The standard InChI is InChI=1S/C36H44N2O7/c39-24-25-10-12-27(13-11-25)33-20-31(23-38-19-18-30(40)22-38)44-36(45-33)28-16-14-26(15-17-28)32-7-5-4-6-29(32)21-37-34(41)8-2-1-3-9-35(42)43/h4-7,10-17,30-31,33,36,39-40H,1-3,8-9,18-24H2,(H,37,41)(H,42,43)/t30-,31-,33+,36+/m0/s1. The number of rotatable bonds is 14. The van der Waals surface area contributed by atoms with Gasteiger partial charge >= 0.3 is 5.97 Å². The first-order chi connectivity index (χ1) is 21.9. The molecule has 3 aromatic carbocycles. The van der Waals surface area contributed by atoms with Crippen molar-refractivity contribution < 1.29 is 34.4 Å². The minimum atomic E-state index is -0.805. The fraction of sp³-hybridized carbons (Fsp3) is 0.444. The predicted octanol–water partition coefficient (Wildman–Crippen LogP) is 5.11. The number of likely N-dealkylation sites (tertiary alicyclic amines) is 1. The van der Waals surface area contributed by atoms with Crippen molar-refractivity contribution in [2.24, 2.45) is 0 Å². The van der Waals surface area contributed by atoms with E-state index in [4.69, 9.17) is 14.6 Å². The molecular formula is C36H44N2O7. The van der Waals surface area contributed by atoms with Crippen LogP contribution in [0.2, 0.25) is 0 Å². The zero-order valence-electron chi connectivity index (χ0n) is 25.6. The topological polar surface area (TPSA) is 129 Å². The Kier molecular flexibility index (Phi) is 11.7. The summed E-state index contributed by atoms with van der Waals surface area (Å²) in [5.41, 5.74) is 5.87. The average molecular weight is 617 g/mol. The van der Waals surface area contributed by atoms with E-state index in [1.165, 1.54) is 0 Å². The first-order valence-corrected chi connectivity index (χ1v) is 16.0. The Balaban J connectivity index is 1.24. The number of aliphatic hydroxyl groups is 2. The first kappa shape index (κ1) is 32.8. The molecule has 0 unspecified atom stereocenters. The second kappa shape index (κ2) is 16.1. The zero-order chi connectivity index (χ0) is 31.6. The third-order valence-electron chi connectivity index (χ3n) is 8.61. The number of benzene rings is 3. The number of carboxylic acids is 1. The van der Waals surface area contributed by atoms with Crippen LogP contribution in [0.1, 0.15) is 79.6 Å². The number of carbonyl (C=O) groups excluding carboxylic acids is 1. The maximum atomic E-state index is 12.4. The third-order valence-corrected chi connectivity index (χ3v) is 8.61. The van der Waals surface area contributed by atoms with E-state index < -0.39 is 12.3 Å². The van der Waals surface area contributed by atoms with Gasteiger partial charge < -0.3 is 30.1 Å². The largest absolute Gasteiger partial charge is 0.481 e. The van der Waals surface area contributed by atoms with Gasteiger partial charge in [-0.1, -0.05) is 79.2 Å². The van der Waals surface area contributed by atoms with Crippen LogP contribution in [-0.2, 0) is 32.2 Å². The Bertz CT molecular complexity index is 1400. The van der Waals surface area contributed by atoms with Gasteiger partial charge in [-0.05, 0) is 47.1 Å². The number of β-amino-alcohol motifs (C(OH)–C–C–N with tert-alkyl or cyclic N) is 1. The fourth-order valence-electron chi connectivity index (χ4n) is 6.10. The monoisotopic (exact) mass is 616 g/mol. The summed E-state index contributed by atoms with van der Waals surface area (Å²) in [6, 6.07) is 24.0. The van der Waals surface area contributed by atoms with Crippen LogP contribution in [0, 0.1) is 0 Å². The highest BCUT2D eigenvalue weighted by atomic mass is 16.7. The SMILES string of the molecule is O=C(O)CCCCCC(=O)NCc1ccccc1-c1ccc([C@@H]2O[C@H](CN3CC[C@H](O)C3)C[C@H](c3ccc(CO)cc3)O2)cc1. The summed E-state index contributed by atoms with van der Waals surface area (Å²) in [6.45, 7) is 2.63. The quantitative estimate of drug-likeness (QED) is 0.184. The lowest BCUT2D eigenvalue weighted by Gasteiger charge is -2.38. The summed E-state index contributed by atoms with van der Waals surface area (Å²) < 4.78 is 13.0. The van der Waals surface area contributed by atoms with Gasteiger partial charge in [0, 0.05) is 51.0 Å². The minimum absolute atomic E-state index is 0.00448. The number of nitrogens with zero attached hydrogens (tertiary/aromatic N) is 1. The first-order valence-electron chi connectivity index (χ1n) is 16.0. The number of unbranched alkanes of at least 4 members (excludes halogenated alkanes) is 2. The number of hydrogen-bond acceptors (Lipinski definition) is 7.